The van der Waals surface area contributed by atoms with Crippen LogP contribution in [0.4, 0.5) is 5.95 Å². The van der Waals surface area contributed by atoms with Gasteiger partial charge in [0.05, 0.1) is 23.1 Å². The summed E-state index contributed by atoms with van der Waals surface area (Å²) >= 11 is 0. The van der Waals surface area contributed by atoms with Crippen molar-refractivity contribution in [3.63, 3.8) is 0 Å². The summed E-state index contributed by atoms with van der Waals surface area (Å²) in [6.45, 7) is 5.67. The number of carbonyl (C=O) groups is 1. The maximum absolute atomic E-state index is 11.1. The zero-order valence-corrected chi connectivity index (χ0v) is 15.0. The average Bonchev–Trinajstić information content (AvgIpc) is 2.67. The van der Waals surface area contributed by atoms with Crippen LogP contribution in [0.25, 0.3) is 11.4 Å². The topological polar surface area (TPSA) is 99.4 Å². The molecule has 1 atom stereocenters. The first-order valence-corrected chi connectivity index (χ1v) is 8.91. The van der Waals surface area contributed by atoms with Crippen molar-refractivity contribution in [2.24, 2.45) is 11.8 Å². The summed E-state index contributed by atoms with van der Waals surface area (Å²) in [5, 5.41) is 19.4. The number of aromatic carboxylic acids is 1. The molecule has 26 heavy (non-hydrogen) atoms. The highest BCUT2D eigenvalue weighted by molar-refractivity contribution is 5.88. The molecule has 1 aliphatic heterocycles. The van der Waals surface area contributed by atoms with Crippen LogP contribution in [0.5, 0.6) is 0 Å². The second kappa shape index (κ2) is 7.78. The molecule has 3 heterocycles. The molecule has 0 aromatic carbocycles. The van der Waals surface area contributed by atoms with Crippen molar-refractivity contribution >= 4 is 11.9 Å². The van der Waals surface area contributed by atoms with E-state index in [0.717, 1.165) is 25.9 Å². The molecule has 1 fully saturated rings. The second-order valence-electron chi connectivity index (χ2n) is 7.04. The van der Waals surface area contributed by atoms with Crippen molar-refractivity contribution in [1.29, 1.82) is 0 Å². The number of nitrogens with zero attached hydrogens (tertiary/aromatic N) is 4. The van der Waals surface area contributed by atoms with E-state index in [2.05, 4.69) is 19.9 Å². The Balaban J connectivity index is 1.74. The first-order valence-electron chi connectivity index (χ1n) is 8.91. The van der Waals surface area contributed by atoms with Gasteiger partial charge in [-0.2, -0.15) is 0 Å². The van der Waals surface area contributed by atoms with E-state index >= 15 is 0 Å². The summed E-state index contributed by atoms with van der Waals surface area (Å²) in [6.07, 6.45) is 4.67. The number of anilines is 1. The third-order valence-corrected chi connectivity index (χ3v) is 4.90. The number of aliphatic hydroxyl groups excluding tert-OH is 1. The summed E-state index contributed by atoms with van der Waals surface area (Å²) in [5.41, 5.74) is 1.29. The number of aromatic nitrogens is 3. The molecule has 2 aromatic heterocycles. The number of pyridine rings is 1. The van der Waals surface area contributed by atoms with Gasteiger partial charge in [-0.15, -0.1) is 0 Å². The molecule has 2 aromatic rings. The van der Waals surface area contributed by atoms with Gasteiger partial charge in [0.15, 0.2) is 0 Å². The van der Waals surface area contributed by atoms with E-state index in [4.69, 9.17) is 5.11 Å². The van der Waals surface area contributed by atoms with E-state index < -0.39 is 5.97 Å². The van der Waals surface area contributed by atoms with Gasteiger partial charge in [0.1, 0.15) is 0 Å². The van der Waals surface area contributed by atoms with Gasteiger partial charge in [0, 0.05) is 25.5 Å². The monoisotopic (exact) mass is 356 g/mol. The highest BCUT2D eigenvalue weighted by Crippen LogP contribution is 2.27. The fourth-order valence-electron chi connectivity index (χ4n) is 3.33. The Hall–Kier alpha value is -2.54. The second-order valence-corrected chi connectivity index (χ2v) is 7.04. The summed E-state index contributed by atoms with van der Waals surface area (Å²) in [4.78, 5) is 26.4. The quantitative estimate of drug-likeness (QED) is 0.849. The minimum absolute atomic E-state index is 0.179. The Morgan fingerprint density at radius 3 is 2.50 bits per heavy atom. The maximum atomic E-state index is 11.1. The average molecular weight is 356 g/mol. The molecular weight excluding hydrogens is 332 g/mol. The molecule has 138 valence electrons. The van der Waals surface area contributed by atoms with E-state index in [1.165, 1.54) is 18.3 Å². The molecule has 0 bridgehead atoms. The predicted molar refractivity (Wildman–Crippen MR) is 98.0 cm³/mol. The SMILES string of the molecule is CC(C)[C@H](O)C1CCN(c2nccc(-c3cc(C(=O)O)ccn3)n2)CC1. The first-order chi connectivity index (χ1) is 12.5. The number of hydrogen-bond acceptors (Lipinski definition) is 6. The van der Waals surface area contributed by atoms with Crippen LogP contribution in [0.15, 0.2) is 30.6 Å². The Morgan fingerprint density at radius 2 is 1.85 bits per heavy atom. The maximum Gasteiger partial charge on any atom is 0.335 e. The van der Waals surface area contributed by atoms with Gasteiger partial charge >= 0.3 is 5.97 Å². The lowest BCUT2D eigenvalue weighted by molar-refractivity contribution is 0.0525. The van der Waals surface area contributed by atoms with Gasteiger partial charge < -0.3 is 15.1 Å². The van der Waals surface area contributed by atoms with Crippen LogP contribution in [0, 0.1) is 11.8 Å². The fourth-order valence-corrected chi connectivity index (χ4v) is 3.33. The first kappa shape index (κ1) is 18.3. The molecular formula is C19H24N4O3. The van der Waals surface area contributed by atoms with Gasteiger partial charge in [0.25, 0.3) is 0 Å². The normalized spacial score (nSPS) is 16.7. The molecule has 1 aliphatic rings. The largest absolute Gasteiger partial charge is 0.478 e. The minimum Gasteiger partial charge on any atom is -0.478 e. The molecule has 7 heteroatoms. The van der Waals surface area contributed by atoms with Gasteiger partial charge in [-0.3, -0.25) is 4.98 Å². The van der Waals surface area contributed by atoms with E-state index in [1.54, 1.807) is 12.3 Å². The molecule has 0 amide bonds. The lowest BCUT2D eigenvalue weighted by atomic mass is 9.86. The van der Waals surface area contributed by atoms with E-state index in [1.807, 2.05) is 13.8 Å². The van der Waals surface area contributed by atoms with E-state index in [-0.39, 0.29) is 17.6 Å². The summed E-state index contributed by atoms with van der Waals surface area (Å²) in [5.74, 6) is 0.193. The number of carboxylic acid groups (broad SMARTS) is 1. The molecule has 0 spiro atoms. The van der Waals surface area contributed by atoms with Crippen LogP contribution in [0.2, 0.25) is 0 Å². The van der Waals surface area contributed by atoms with Crippen LogP contribution in [0.1, 0.15) is 37.0 Å². The minimum atomic E-state index is -0.992. The summed E-state index contributed by atoms with van der Waals surface area (Å²) in [6, 6.07) is 4.70. The van der Waals surface area contributed by atoms with Crippen LogP contribution in [0.3, 0.4) is 0 Å². The molecule has 1 saturated heterocycles. The van der Waals surface area contributed by atoms with E-state index in [0.29, 0.717) is 23.3 Å². The van der Waals surface area contributed by atoms with Crippen LogP contribution >= 0.6 is 0 Å². The van der Waals surface area contributed by atoms with Crippen molar-refractivity contribution in [2.75, 3.05) is 18.0 Å². The van der Waals surface area contributed by atoms with Crippen molar-refractivity contribution < 1.29 is 15.0 Å². The van der Waals surface area contributed by atoms with Crippen molar-refractivity contribution in [2.45, 2.75) is 32.8 Å². The molecule has 3 rings (SSSR count). The number of hydrogen-bond donors (Lipinski definition) is 2. The van der Waals surface area contributed by atoms with Gasteiger partial charge in [0.2, 0.25) is 5.95 Å². The lowest BCUT2D eigenvalue weighted by Crippen LogP contribution is -2.40. The lowest BCUT2D eigenvalue weighted by Gasteiger charge is -2.35. The third-order valence-electron chi connectivity index (χ3n) is 4.90. The molecule has 0 unspecified atom stereocenters. The number of rotatable bonds is 5. The van der Waals surface area contributed by atoms with Gasteiger partial charge in [-0.1, -0.05) is 13.8 Å². The molecule has 0 saturated carbocycles. The van der Waals surface area contributed by atoms with Crippen molar-refractivity contribution in [3.05, 3.63) is 36.2 Å². The Morgan fingerprint density at radius 1 is 1.15 bits per heavy atom. The number of piperidine rings is 1. The van der Waals surface area contributed by atoms with Crippen molar-refractivity contribution in [3.8, 4) is 11.4 Å². The van der Waals surface area contributed by atoms with Crippen molar-refractivity contribution in [1.82, 2.24) is 15.0 Å². The number of aliphatic hydroxyl groups is 1. The summed E-state index contributed by atoms with van der Waals surface area (Å²) in [7, 11) is 0. The van der Waals surface area contributed by atoms with Crippen LogP contribution in [-0.4, -0.2) is 50.3 Å². The zero-order chi connectivity index (χ0) is 18.7. The molecule has 0 radical (unpaired) electrons. The third kappa shape index (κ3) is 3.99. The fraction of sp³-hybridized carbons (Fsp3) is 0.474. The molecule has 0 aliphatic carbocycles. The zero-order valence-electron chi connectivity index (χ0n) is 15.0. The van der Waals surface area contributed by atoms with Crippen LogP contribution < -0.4 is 4.90 Å². The smallest absolute Gasteiger partial charge is 0.335 e. The molecule has 2 N–H and O–H groups in total. The van der Waals surface area contributed by atoms with Gasteiger partial charge in [-0.25, -0.2) is 14.8 Å². The van der Waals surface area contributed by atoms with Crippen LogP contribution in [-0.2, 0) is 0 Å². The Bertz CT molecular complexity index is 773. The highest BCUT2D eigenvalue weighted by Gasteiger charge is 2.28. The highest BCUT2D eigenvalue weighted by atomic mass is 16.4. The van der Waals surface area contributed by atoms with E-state index in [9.17, 15) is 9.90 Å². The number of carboxylic acids is 1. The Labute approximate surface area is 152 Å². The molecule has 7 nitrogen and oxygen atoms in total. The Kier molecular flexibility index (Phi) is 5.46. The van der Waals surface area contributed by atoms with Gasteiger partial charge in [-0.05, 0) is 42.9 Å². The predicted octanol–water partition coefficient (Wildman–Crippen LogP) is 2.47. The summed E-state index contributed by atoms with van der Waals surface area (Å²) < 4.78 is 0. The standard InChI is InChI=1S/C19H24N4O3/c1-12(2)17(24)13-5-9-23(10-6-13)19-21-8-4-15(22-19)16-11-14(18(25)26)3-7-20-16/h3-4,7-8,11-13,17,24H,5-6,9-10H2,1-2H3,(H,25,26)/t17-/m0/s1.